The molecule has 0 aliphatic heterocycles. The fraction of sp³-hybridized carbons (Fsp3) is 0.692. The molecule has 94 valence electrons. The van der Waals surface area contributed by atoms with Gasteiger partial charge in [-0.05, 0) is 31.6 Å². The first-order chi connectivity index (χ1) is 8.15. The lowest BCUT2D eigenvalue weighted by molar-refractivity contribution is 0.293. The Labute approximate surface area is 103 Å². The number of rotatable bonds is 3. The van der Waals surface area contributed by atoms with Crippen molar-refractivity contribution in [3.05, 3.63) is 11.8 Å². The first kappa shape index (κ1) is 12.1. The summed E-state index contributed by atoms with van der Waals surface area (Å²) in [7, 11) is 0. The molecule has 1 aliphatic rings. The minimum Gasteiger partial charge on any atom is -0.369 e. The van der Waals surface area contributed by atoms with Crippen molar-refractivity contribution >= 4 is 11.8 Å². The summed E-state index contributed by atoms with van der Waals surface area (Å²) in [6.07, 6.45) is 7.17. The molecule has 4 heteroatoms. The minimum atomic E-state index is 0.343. The normalized spacial score (nSPS) is 24.6. The van der Waals surface area contributed by atoms with Crippen molar-refractivity contribution < 1.29 is 0 Å². The molecule has 1 heterocycles. The molecule has 17 heavy (non-hydrogen) atoms. The number of nitrogens with two attached hydrogens (primary N) is 1. The van der Waals surface area contributed by atoms with E-state index in [0.717, 1.165) is 29.8 Å². The van der Waals surface area contributed by atoms with Crippen molar-refractivity contribution in [3.8, 4) is 0 Å². The van der Waals surface area contributed by atoms with Gasteiger partial charge in [0.15, 0.2) is 0 Å². The lowest BCUT2D eigenvalue weighted by Gasteiger charge is -2.27. The molecule has 3 N–H and O–H groups in total. The fourth-order valence-corrected chi connectivity index (χ4v) is 2.62. The van der Waals surface area contributed by atoms with E-state index in [4.69, 9.17) is 5.73 Å². The average Bonchev–Trinajstić information content (AvgIpc) is 2.30. The number of hydrogen-bond donors (Lipinski definition) is 2. The summed E-state index contributed by atoms with van der Waals surface area (Å²) in [6.45, 7) is 5.35. The van der Waals surface area contributed by atoms with Crippen molar-refractivity contribution in [2.45, 2.75) is 39.5 Å². The van der Waals surface area contributed by atoms with Gasteiger partial charge < -0.3 is 11.1 Å². The van der Waals surface area contributed by atoms with Crippen molar-refractivity contribution in [2.24, 2.45) is 11.8 Å². The lowest BCUT2D eigenvalue weighted by Crippen LogP contribution is -2.21. The van der Waals surface area contributed by atoms with Crippen LogP contribution in [0.25, 0.3) is 0 Å². The van der Waals surface area contributed by atoms with E-state index >= 15 is 0 Å². The third-order valence-corrected chi connectivity index (χ3v) is 3.59. The van der Waals surface area contributed by atoms with Gasteiger partial charge in [-0.2, -0.15) is 4.98 Å². The van der Waals surface area contributed by atoms with Gasteiger partial charge in [0.25, 0.3) is 0 Å². The molecular formula is C13H22N4. The molecular weight excluding hydrogens is 212 g/mol. The summed E-state index contributed by atoms with van der Waals surface area (Å²) in [5, 5.41) is 3.41. The molecule has 0 amide bonds. The summed E-state index contributed by atoms with van der Waals surface area (Å²) < 4.78 is 0. The van der Waals surface area contributed by atoms with E-state index in [0.29, 0.717) is 5.95 Å². The van der Waals surface area contributed by atoms with Gasteiger partial charge in [-0.3, -0.25) is 0 Å². The molecule has 2 unspecified atom stereocenters. The van der Waals surface area contributed by atoms with Gasteiger partial charge in [0.1, 0.15) is 5.82 Å². The number of aryl methyl sites for hydroxylation is 1. The maximum Gasteiger partial charge on any atom is 0.221 e. The van der Waals surface area contributed by atoms with Crippen LogP contribution in [0.5, 0.6) is 0 Å². The fourth-order valence-electron chi connectivity index (χ4n) is 2.62. The van der Waals surface area contributed by atoms with E-state index in [9.17, 15) is 0 Å². The zero-order valence-corrected chi connectivity index (χ0v) is 10.7. The second kappa shape index (κ2) is 5.34. The molecule has 4 nitrogen and oxygen atoms in total. The first-order valence-corrected chi connectivity index (χ1v) is 6.48. The second-order valence-electron chi connectivity index (χ2n) is 5.28. The van der Waals surface area contributed by atoms with E-state index < -0.39 is 0 Å². The monoisotopic (exact) mass is 234 g/mol. The molecule has 2 atom stereocenters. The molecule has 1 aromatic rings. The van der Waals surface area contributed by atoms with Crippen molar-refractivity contribution in [1.82, 2.24) is 9.97 Å². The summed E-state index contributed by atoms with van der Waals surface area (Å²) in [5.41, 5.74) is 6.65. The van der Waals surface area contributed by atoms with Crippen LogP contribution in [0.2, 0.25) is 0 Å². The quantitative estimate of drug-likeness (QED) is 0.843. The van der Waals surface area contributed by atoms with Crippen LogP contribution >= 0.6 is 0 Å². The molecule has 1 fully saturated rings. The Morgan fingerprint density at radius 3 is 3.06 bits per heavy atom. The predicted octanol–water partition coefficient (Wildman–Crippen LogP) is 2.61. The summed E-state index contributed by atoms with van der Waals surface area (Å²) in [5.74, 6) is 2.87. The standard InChI is InChI=1S/C13H22N4/c1-9-4-3-5-11(6-9)8-15-12-10(2)7-16-13(14)17-12/h7,9,11H,3-6,8H2,1-2H3,(H3,14,15,16,17). The average molecular weight is 234 g/mol. The Morgan fingerprint density at radius 2 is 2.29 bits per heavy atom. The zero-order chi connectivity index (χ0) is 12.3. The van der Waals surface area contributed by atoms with Gasteiger partial charge in [-0.25, -0.2) is 4.98 Å². The summed E-state index contributed by atoms with van der Waals surface area (Å²) in [6, 6.07) is 0. The highest BCUT2D eigenvalue weighted by molar-refractivity contribution is 5.45. The van der Waals surface area contributed by atoms with Gasteiger partial charge in [0.05, 0.1) is 0 Å². The van der Waals surface area contributed by atoms with Crippen LogP contribution < -0.4 is 11.1 Å². The van der Waals surface area contributed by atoms with Crippen molar-refractivity contribution in [1.29, 1.82) is 0 Å². The number of anilines is 2. The van der Waals surface area contributed by atoms with Crippen LogP contribution in [0.4, 0.5) is 11.8 Å². The van der Waals surface area contributed by atoms with E-state index in [1.54, 1.807) is 6.20 Å². The Morgan fingerprint density at radius 1 is 1.47 bits per heavy atom. The molecule has 0 bridgehead atoms. The maximum absolute atomic E-state index is 5.60. The minimum absolute atomic E-state index is 0.343. The molecule has 1 saturated carbocycles. The Bertz CT molecular complexity index is 378. The third kappa shape index (κ3) is 3.32. The number of hydrogen-bond acceptors (Lipinski definition) is 4. The highest BCUT2D eigenvalue weighted by Gasteiger charge is 2.18. The number of aromatic nitrogens is 2. The van der Waals surface area contributed by atoms with E-state index in [1.165, 1.54) is 25.7 Å². The van der Waals surface area contributed by atoms with E-state index in [1.807, 2.05) is 6.92 Å². The van der Waals surface area contributed by atoms with Gasteiger partial charge in [-0.1, -0.05) is 19.8 Å². The highest BCUT2D eigenvalue weighted by Crippen LogP contribution is 2.28. The second-order valence-corrected chi connectivity index (χ2v) is 5.28. The van der Waals surface area contributed by atoms with Gasteiger partial charge in [0.2, 0.25) is 5.95 Å². The van der Waals surface area contributed by atoms with Crippen LogP contribution in [0.3, 0.4) is 0 Å². The summed E-state index contributed by atoms with van der Waals surface area (Å²) >= 11 is 0. The molecule has 2 rings (SSSR count). The lowest BCUT2D eigenvalue weighted by atomic mass is 9.82. The van der Waals surface area contributed by atoms with Crippen LogP contribution in [-0.4, -0.2) is 16.5 Å². The molecule has 0 spiro atoms. The third-order valence-electron chi connectivity index (χ3n) is 3.59. The van der Waals surface area contributed by atoms with E-state index in [2.05, 4.69) is 22.2 Å². The summed E-state index contributed by atoms with van der Waals surface area (Å²) in [4.78, 5) is 8.20. The largest absolute Gasteiger partial charge is 0.369 e. The van der Waals surface area contributed by atoms with Crippen molar-refractivity contribution in [2.75, 3.05) is 17.6 Å². The van der Waals surface area contributed by atoms with Crippen LogP contribution in [0.15, 0.2) is 6.20 Å². The van der Waals surface area contributed by atoms with Crippen LogP contribution in [0.1, 0.15) is 38.2 Å². The smallest absolute Gasteiger partial charge is 0.221 e. The highest BCUT2D eigenvalue weighted by atomic mass is 15.1. The SMILES string of the molecule is Cc1cnc(N)nc1NCC1CCCC(C)C1. The predicted molar refractivity (Wildman–Crippen MR) is 70.8 cm³/mol. The van der Waals surface area contributed by atoms with E-state index in [-0.39, 0.29) is 0 Å². The molecule has 1 aromatic heterocycles. The van der Waals surface area contributed by atoms with Gasteiger partial charge in [0, 0.05) is 18.3 Å². The number of nitrogens with one attached hydrogen (secondary N) is 1. The maximum atomic E-state index is 5.60. The van der Waals surface area contributed by atoms with Gasteiger partial charge >= 0.3 is 0 Å². The molecule has 0 aromatic carbocycles. The Kier molecular flexibility index (Phi) is 3.82. The topological polar surface area (TPSA) is 63.8 Å². The zero-order valence-electron chi connectivity index (χ0n) is 10.7. The number of nitrogen functional groups attached to an aromatic ring is 1. The Hall–Kier alpha value is -1.32. The molecule has 0 saturated heterocycles. The number of nitrogens with zero attached hydrogens (tertiary/aromatic N) is 2. The van der Waals surface area contributed by atoms with Crippen LogP contribution in [0, 0.1) is 18.8 Å². The van der Waals surface area contributed by atoms with Crippen molar-refractivity contribution in [3.63, 3.8) is 0 Å². The first-order valence-electron chi connectivity index (χ1n) is 6.48. The molecule has 0 radical (unpaired) electrons. The Balaban J connectivity index is 1.90. The van der Waals surface area contributed by atoms with Gasteiger partial charge in [-0.15, -0.1) is 0 Å². The van der Waals surface area contributed by atoms with Crippen LogP contribution in [-0.2, 0) is 0 Å². The molecule has 1 aliphatic carbocycles.